The van der Waals surface area contributed by atoms with Crippen LogP contribution < -0.4 is 21.1 Å². The van der Waals surface area contributed by atoms with Crippen molar-refractivity contribution in [3.05, 3.63) is 23.8 Å². The van der Waals surface area contributed by atoms with E-state index in [1.54, 1.807) is 7.11 Å². The summed E-state index contributed by atoms with van der Waals surface area (Å²) >= 11 is 0. The normalized spacial score (nSPS) is 12.3. The van der Waals surface area contributed by atoms with Crippen molar-refractivity contribution in [2.75, 3.05) is 31.6 Å². The maximum absolute atomic E-state index is 5.94. The van der Waals surface area contributed by atoms with E-state index in [9.17, 15) is 0 Å². The monoisotopic (exact) mass is 237 g/mol. The molecule has 4 nitrogen and oxygen atoms in total. The Morgan fingerprint density at radius 3 is 2.41 bits per heavy atom. The molecule has 0 aliphatic rings. The van der Waals surface area contributed by atoms with Gasteiger partial charge in [0.15, 0.2) is 0 Å². The summed E-state index contributed by atoms with van der Waals surface area (Å²) in [6.07, 6.45) is 0. The summed E-state index contributed by atoms with van der Waals surface area (Å²) in [6.45, 7) is 6.63. The zero-order valence-electron chi connectivity index (χ0n) is 10.9. The maximum atomic E-state index is 5.94. The molecule has 1 aromatic rings. The van der Waals surface area contributed by atoms with Crippen LogP contribution >= 0.6 is 0 Å². The molecule has 0 radical (unpaired) electrons. The Labute approximate surface area is 104 Å². The van der Waals surface area contributed by atoms with E-state index in [0.717, 1.165) is 30.1 Å². The van der Waals surface area contributed by atoms with E-state index in [1.165, 1.54) is 0 Å². The van der Waals surface area contributed by atoms with Crippen molar-refractivity contribution in [3.8, 4) is 5.75 Å². The summed E-state index contributed by atoms with van der Waals surface area (Å²) in [6, 6.07) is 5.93. The molecule has 0 bridgehead atoms. The van der Waals surface area contributed by atoms with Crippen molar-refractivity contribution in [2.24, 2.45) is 11.5 Å². The van der Waals surface area contributed by atoms with Crippen molar-refractivity contribution in [1.29, 1.82) is 0 Å². The molecule has 4 N–H and O–H groups in total. The van der Waals surface area contributed by atoms with Crippen LogP contribution in [0, 0.1) is 0 Å². The SMILES string of the molecule is CCN(CC)c1ccc(C(N)CN)c(OC)c1. The van der Waals surface area contributed by atoms with Gasteiger partial charge in [-0.15, -0.1) is 0 Å². The summed E-state index contributed by atoms with van der Waals surface area (Å²) < 4.78 is 5.39. The molecule has 0 fully saturated rings. The zero-order chi connectivity index (χ0) is 12.8. The number of ether oxygens (including phenoxy) is 1. The predicted octanol–water partition coefficient (Wildman–Crippen LogP) is 1.50. The molecule has 0 aliphatic heterocycles. The minimum absolute atomic E-state index is 0.171. The first-order valence-corrected chi connectivity index (χ1v) is 6.06. The van der Waals surface area contributed by atoms with Crippen molar-refractivity contribution in [2.45, 2.75) is 19.9 Å². The highest BCUT2D eigenvalue weighted by atomic mass is 16.5. The van der Waals surface area contributed by atoms with Gasteiger partial charge in [-0.2, -0.15) is 0 Å². The molecule has 0 heterocycles. The van der Waals surface area contributed by atoms with E-state index >= 15 is 0 Å². The van der Waals surface area contributed by atoms with Crippen LogP contribution in [0.15, 0.2) is 18.2 Å². The van der Waals surface area contributed by atoms with Crippen LogP contribution in [0.4, 0.5) is 5.69 Å². The Balaban J connectivity index is 3.07. The van der Waals surface area contributed by atoms with E-state index < -0.39 is 0 Å². The summed E-state index contributed by atoms with van der Waals surface area (Å²) in [5.74, 6) is 0.812. The number of methoxy groups -OCH3 is 1. The molecule has 1 aromatic carbocycles. The predicted molar refractivity (Wildman–Crippen MR) is 72.5 cm³/mol. The first-order chi connectivity index (χ1) is 8.17. The average molecular weight is 237 g/mol. The van der Waals surface area contributed by atoms with Crippen LogP contribution in [0.1, 0.15) is 25.5 Å². The lowest BCUT2D eigenvalue weighted by atomic mass is 10.1. The topological polar surface area (TPSA) is 64.5 Å². The lowest BCUT2D eigenvalue weighted by molar-refractivity contribution is 0.406. The molecule has 0 spiro atoms. The van der Waals surface area contributed by atoms with Gasteiger partial charge in [0.1, 0.15) is 5.75 Å². The number of hydrogen-bond acceptors (Lipinski definition) is 4. The third kappa shape index (κ3) is 3.11. The highest BCUT2D eigenvalue weighted by molar-refractivity contribution is 5.54. The second kappa shape index (κ2) is 6.47. The van der Waals surface area contributed by atoms with E-state index in [0.29, 0.717) is 6.54 Å². The Morgan fingerprint density at radius 1 is 1.29 bits per heavy atom. The summed E-state index contributed by atoms with van der Waals surface area (Å²) in [4.78, 5) is 2.26. The fourth-order valence-electron chi connectivity index (χ4n) is 1.92. The van der Waals surface area contributed by atoms with Crippen LogP contribution in [0.3, 0.4) is 0 Å². The second-order valence-corrected chi connectivity index (χ2v) is 3.94. The van der Waals surface area contributed by atoms with E-state index in [2.05, 4.69) is 24.8 Å². The van der Waals surface area contributed by atoms with Gasteiger partial charge < -0.3 is 21.1 Å². The molecule has 0 aromatic heterocycles. The zero-order valence-corrected chi connectivity index (χ0v) is 10.9. The molecule has 1 unspecified atom stereocenters. The highest BCUT2D eigenvalue weighted by Crippen LogP contribution is 2.28. The van der Waals surface area contributed by atoms with E-state index in [1.807, 2.05) is 12.1 Å². The van der Waals surface area contributed by atoms with Crippen molar-refractivity contribution in [3.63, 3.8) is 0 Å². The highest BCUT2D eigenvalue weighted by Gasteiger charge is 2.12. The molecule has 17 heavy (non-hydrogen) atoms. The summed E-state index contributed by atoms with van der Waals surface area (Å²) in [7, 11) is 1.66. The van der Waals surface area contributed by atoms with Gasteiger partial charge in [-0.05, 0) is 19.9 Å². The Hall–Kier alpha value is -1.26. The molecule has 0 saturated heterocycles. The molecule has 96 valence electrons. The lowest BCUT2D eigenvalue weighted by Crippen LogP contribution is -2.23. The van der Waals surface area contributed by atoms with Gasteiger partial charge >= 0.3 is 0 Å². The molecular formula is C13H23N3O. The molecule has 0 saturated carbocycles. The largest absolute Gasteiger partial charge is 0.496 e. The lowest BCUT2D eigenvalue weighted by Gasteiger charge is -2.23. The average Bonchev–Trinajstić information content (AvgIpc) is 2.39. The van der Waals surface area contributed by atoms with Gasteiger partial charge in [0.05, 0.1) is 7.11 Å². The minimum Gasteiger partial charge on any atom is -0.496 e. The Bertz CT molecular complexity index is 351. The Kier molecular flexibility index (Phi) is 5.25. The minimum atomic E-state index is -0.171. The van der Waals surface area contributed by atoms with Gasteiger partial charge in [-0.25, -0.2) is 0 Å². The standard InChI is InChI=1S/C13H23N3O/c1-4-16(5-2)10-6-7-11(12(15)9-14)13(8-10)17-3/h6-8,12H,4-5,9,14-15H2,1-3H3. The number of nitrogens with zero attached hydrogens (tertiary/aromatic N) is 1. The van der Waals surface area contributed by atoms with Crippen LogP contribution in [0.25, 0.3) is 0 Å². The van der Waals surface area contributed by atoms with E-state index in [4.69, 9.17) is 16.2 Å². The van der Waals surface area contributed by atoms with Gasteiger partial charge in [-0.1, -0.05) is 6.07 Å². The fraction of sp³-hybridized carbons (Fsp3) is 0.538. The number of rotatable bonds is 6. The number of benzene rings is 1. The number of hydrogen-bond donors (Lipinski definition) is 2. The molecule has 1 atom stereocenters. The Morgan fingerprint density at radius 2 is 1.94 bits per heavy atom. The molecule has 0 aliphatic carbocycles. The van der Waals surface area contributed by atoms with Crippen molar-refractivity contribution in [1.82, 2.24) is 0 Å². The van der Waals surface area contributed by atoms with Crippen LogP contribution in [-0.2, 0) is 0 Å². The smallest absolute Gasteiger partial charge is 0.125 e. The quantitative estimate of drug-likeness (QED) is 0.787. The van der Waals surface area contributed by atoms with Gasteiger partial charge in [-0.3, -0.25) is 0 Å². The van der Waals surface area contributed by atoms with Crippen LogP contribution in [-0.4, -0.2) is 26.7 Å². The molecule has 1 rings (SSSR count). The van der Waals surface area contributed by atoms with Gasteiger partial charge in [0.2, 0.25) is 0 Å². The molecule has 0 amide bonds. The summed E-state index contributed by atoms with van der Waals surface area (Å²) in [5.41, 5.74) is 13.6. The third-order valence-electron chi connectivity index (χ3n) is 3.00. The first-order valence-electron chi connectivity index (χ1n) is 6.06. The van der Waals surface area contributed by atoms with Gasteiger partial charge in [0.25, 0.3) is 0 Å². The number of anilines is 1. The van der Waals surface area contributed by atoms with Crippen LogP contribution in [0.2, 0.25) is 0 Å². The number of nitrogens with two attached hydrogens (primary N) is 2. The third-order valence-corrected chi connectivity index (χ3v) is 3.00. The van der Waals surface area contributed by atoms with Gasteiger partial charge in [0, 0.05) is 43.0 Å². The van der Waals surface area contributed by atoms with Crippen molar-refractivity contribution >= 4 is 5.69 Å². The van der Waals surface area contributed by atoms with Crippen LogP contribution in [0.5, 0.6) is 5.75 Å². The summed E-state index contributed by atoms with van der Waals surface area (Å²) in [5, 5.41) is 0. The maximum Gasteiger partial charge on any atom is 0.125 e. The second-order valence-electron chi connectivity index (χ2n) is 3.94. The molecule has 4 heteroatoms. The van der Waals surface area contributed by atoms with E-state index in [-0.39, 0.29) is 6.04 Å². The first kappa shape index (κ1) is 13.8. The fourth-order valence-corrected chi connectivity index (χ4v) is 1.92. The molecular weight excluding hydrogens is 214 g/mol. The van der Waals surface area contributed by atoms with Crippen molar-refractivity contribution < 1.29 is 4.74 Å².